The van der Waals surface area contributed by atoms with Crippen molar-refractivity contribution < 1.29 is 9.53 Å². The van der Waals surface area contributed by atoms with Gasteiger partial charge in [-0.1, -0.05) is 29.3 Å². The third-order valence-corrected chi connectivity index (χ3v) is 4.31. The van der Waals surface area contributed by atoms with Crippen molar-refractivity contribution in [2.45, 2.75) is 32.4 Å². The van der Waals surface area contributed by atoms with Crippen LogP contribution in [0.5, 0.6) is 0 Å². The standard InChI is InChI=1S/C16H22Cl2N2O2/c1-11(2)19-16(21)5-6-20-7-8-22-15(10-20)12-3-4-13(17)14(18)9-12/h3-4,9,11,15H,5-8,10H2,1-2H3,(H,19,21)/t15-/m1/s1. The SMILES string of the molecule is CC(C)NC(=O)CCN1CCO[C@@H](c2ccc(Cl)c(Cl)c2)C1. The number of amides is 1. The summed E-state index contributed by atoms with van der Waals surface area (Å²) in [5.41, 5.74) is 1.02. The zero-order valence-electron chi connectivity index (χ0n) is 12.9. The molecule has 22 heavy (non-hydrogen) atoms. The van der Waals surface area contributed by atoms with Crippen molar-refractivity contribution in [2.75, 3.05) is 26.2 Å². The minimum Gasteiger partial charge on any atom is -0.371 e. The first-order valence-corrected chi connectivity index (χ1v) is 8.29. The highest BCUT2D eigenvalue weighted by Gasteiger charge is 2.22. The maximum Gasteiger partial charge on any atom is 0.221 e. The van der Waals surface area contributed by atoms with Crippen molar-refractivity contribution in [3.05, 3.63) is 33.8 Å². The normalized spacial score (nSPS) is 19.4. The summed E-state index contributed by atoms with van der Waals surface area (Å²) in [7, 11) is 0. The highest BCUT2D eigenvalue weighted by molar-refractivity contribution is 6.42. The molecular formula is C16H22Cl2N2O2. The average molecular weight is 345 g/mol. The van der Waals surface area contributed by atoms with Gasteiger partial charge in [-0.3, -0.25) is 9.69 Å². The maximum absolute atomic E-state index is 11.7. The summed E-state index contributed by atoms with van der Waals surface area (Å²) in [6, 6.07) is 5.76. The smallest absolute Gasteiger partial charge is 0.221 e. The van der Waals surface area contributed by atoms with Gasteiger partial charge < -0.3 is 10.1 Å². The van der Waals surface area contributed by atoms with Crippen LogP contribution in [0.25, 0.3) is 0 Å². The van der Waals surface area contributed by atoms with E-state index < -0.39 is 0 Å². The van der Waals surface area contributed by atoms with Crippen molar-refractivity contribution in [1.29, 1.82) is 0 Å². The number of benzene rings is 1. The summed E-state index contributed by atoms with van der Waals surface area (Å²) < 4.78 is 5.82. The Bertz CT molecular complexity index is 523. The van der Waals surface area contributed by atoms with Crippen LogP contribution in [0.2, 0.25) is 10.0 Å². The lowest BCUT2D eigenvalue weighted by atomic mass is 10.1. The molecule has 0 unspecified atom stereocenters. The molecule has 0 saturated carbocycles. The number of rotatable bonds is 5. The van der Waals surface area contributed by atoms with Gasteiger partial charge in [0, 0.05) is 32.1 Å². The third kappa shape index (κ3) is 5.13. The van der Waals surface area contributed by atoms with Gasteiger partial charge in [0.05, 0.1) is 22.8 Å². The Morgan fingerprint density at radius 3 is 2.86 bits per heavy atom. The second-order valence-corrected chi connectivity index (χ2v) is 6.62. The van der Waals surface area contributed by atoms with Gasteiger partial charge in [-0.2, -0.15) is 0 Å². The van der Waals surface area contributed by atoms with Crippen molar-refractivity contribution in [1.82, 2.24) is 10.2 Å². The minimum atomic E-state index is -0.0309. The number of nitrogens with one attached hydrogen (secondary N) is 1. The molecule has 1 aromatic rings. The fourth-order valence-electron chi connectivity index (χ4n) is 2.47. The molecule has 1 amide bonds. The first kappa shape index (κ1) is 17.5. The fraction of sp³-hybridized carbons (Fsp3) is 0.562. The molecule has 1 aromatic carbocycles. The van der Waals surface area contributed by atoms with Crippen molar-refractivity contribution in [2.24, 2.45) is 0 Å². The Balaban J connectivity index is 1.88. The monoisotopic (exact) mass is 344 g/mol. The molecule has 1 N–H and O–H groups in total. The van der Waals surface area contributed by atoms with Crippen molar-refractivity contribution >= 4 is 29.1 Å². The number of hydrogen-bond acceptors (Lipinski definition) is 3. The zero-order valence-corrected chi connectivity index (χ0v) is 14.5. The second-order valence-electron chi connectivity index (χ2n) is 5.81. The summed E-state index contributed by atoms with van der Waals surface area (Å²) in [5, 5.41) is 3.99. The van der Waals surface area contributed by atoms with Gasteiger partial charge >= 0.3 is 0 Å². The quantitative estimate of drug-likeness (QED) is 0.891. The number of nitrogens with zero attached hydrogens (tertiary/aromatic N) is 1. The molecule has 1 aliphatic rings. The Kier molecular flexibility index (Phi) is 6.50. The number of carbonyl (C=O) groups is 1. The van der Waals surface area contributed by atoms with Crippen LogP contribution in [0.15, 0.2) is 18.2 Å². The predicted octanol–water partition coefficient (Wildman–Crippen LogP) is 3.28. The first-order chi connectivity index (χ1) is 10.5. The Morgan fingerprint density at radius 1 is 1.41 bits per heavy atom. The van der Waals surface area contributed by atoms with E-state index in [-0.39, 0.29) is 18.1 Å². The van der Waals surface area contributed by atoms with Gasteiger partial charge in [0.25, 0.3) is 0 Å². The summed E-state index contributed by atoms with van der Waals surface area (Å²) in [6.07, 6.45) is 0.475. The molecule has 6 heteroatoms. The van der Waals surface area contributed by atoms with Crippen LogP contribution in [0.3, 0.4) is 0 Å². The number of halogens is 2. The van der Waals surface area contributed by atoms with E-state index >= 15 is 0 Å². The third-order valence-electron chi connectivity index (χ3n) is 3.57. The van der Waals surface area contributed by atoms with E-state index in [1.54, 1.807) is 6.07 Å². The fourth-order valence-corrected chi connectivity index (χ4v) is 2.78. The largest absolute Gasteiger partial charge is 0.371 e. The zero-order chi connectivity index (χ0) is 16.1. The lowest BCUT2D eigenvalue weighted by Gasteiger charge is -2.33. The maximum atomic E-state index is 11.7. The molecule has 1 heterocycles. The molecule has 0 aliphatic carbocycles. The lowest BCUT2D eigenvalue weighted by molar-refractivity contribution is -0.122. The molecule has 0 bridgehead atoms. The highest BCUT2D eigenvalue weighted by Crippen LogP contribution is 2.29. The minimum absolute atomic E-state index is 0.0309. The van der Waals surface area contributed by atoms with E-state index in [0.29, 0.717) is 23.1 Å². The number of carbonyl (C=O) groups excluding carboxylic acids is 1. The summed E-state index contributed by atoms with van der Waals surface area (Å²) in [6.45, 7) is 6.91. The van der Waals surface area contributed by atoms with Crippen LogP contribution >= 0.6 is 23.2 Å². The van der Waals surface area contributed by atoms with Crippen LogP contribution in [-0.2, 0) is 9.53 Å². The molecule has 1 aliphatic heterocycles. The van der Waals surface area contributed by atoms with E-state index in [9.17, 15) is 4.79 Å². The van der Waals surface area contributed by atoms with E-state index in [1.807, 2.05) is 26.0 Å². The van der Waals surface area contributed by atoms with Crippen LogP contribution in [0.1, 0.15) is 31.9 Å². The van der Waals surface area contributed by atoms with E-state index in [1.165, 1.54) is 0 Å². The molecule has 0 spiro atoms. The topological polar surface area (TPSA) is 41.6 Å². The summed E-state index contributed by atoms with van der Waals surface area (Å²) >= 11 is 12.0. The van der Waals surface area contributed by atoms with Gasteiger partial charge in [0.2, 0.25) is 5.91 Å². The summed E-state index contributed by atoms with van der Waals surface area (Å²) in [4.78, 5) is 14.0. The first-order valence-electron chi connectivity index (χ1n) is 7.54. The predicted molar refractivity (Wildman–Crippen MR) is 89.5 cm³/mol. The number of hydrogen-bond donors (Lipinski definition) is 1. The lowest BCUT2D eigenvalue weighted by Crippen LogP contribution is -2.41. The van der Waals surface area contributed by atoms with Crippen LogP contribution in [0, 0.1) is 0 Å². The number of ether oxygens (including phenoxy) is 1. The van der Waals surface area contributed by atoms with Gasteiger partial charge in [-0.15, -0.1) is 0 Å². The Morgan fingerprint density at radius 2 is 2.18 bits per heavy atom. The van der Waals surface area contributed by atoms with Crippen LogP contribution in [0.4, 0.5) is 0 Å². The highest BCUT2D eigenvalue weighted by atomic mass is 35.5. The van der Waals surface area contributed by atoms with Crippen molar-refractivity contribution in [3.8, 4) is 0 Å². The van der Waals surface area contributed by atoms with E-state index in [4.69, 9.17) is 27.9 Å². The average Bonchev–Trinajstić information content (AvgIpc) is 2.47. The molecule has 0 radical (unpaired) electrons. The molecule has 1 fully saturated rings. The molecule has 2 rings (SSSR count). The van der Waals surface area contributed by atoms with Gasteiger partial charge in [-0.25, -0.2) is 0 Å². The van der Waals surface area contributed by atoms with Gasteiger partial charge in [0.15, 0.2) is 0 Å². The molecule has 1 saturated heterocycles. The van der Waals surface area contributed by atoms with Crippen LogP contribution < -0.4 is 5.32 Å². The molecule has 1 atom stereocenters. The molecule has 122 valence electrons. The van der Waals surface area contributed by atoms with Gasteiger partial charge in [0.1, 0.15) is 0 Å². The van der Waals surface area contributed by atoms with E-state index in [2.05, 4.69) is 10.2 Å². The molecule has 0 aromatic heterocycles. The van der Waals surface area contributed by atoms with E-state index in [0.717, 1.165) is 25.2 Å². The van der Waals surface area contributed by atoms with Crippen LogP contribution in [-0.4, -0.2) is 43.1 Å². The molecular weight excluding hydrogens is 323 g/mol. The van der Waals surface area contributed by atoms with Crippen molar-refractivity contribution in [3.63, 3.8) is 0 Å². The number of morpholine rings is 1. The summed E-state index contributed by atoms with van der Waals surface area (Å²) in [5.74, 6) is 0.0904. The molecule has 4 nitrogen and oxygen atoms in total. The van der Waals surface area contributed by atoms with Gasteiger partial charge in [-0.05, 0) is 31.5 Å². The second kappa shape index (κ2) is 8.16. The Labute approximate surface area is 141 Å². The Hall–Kier alpha value is -0.810.